The van der Waals surface area contributed by atoms with Crippen LogP contribution in [-0.2, 0) is 14.8 Å². The number of aromatic nitrogens is 2. The zero-order valence-corrected chi connectivity index (χ0v) is 16.6. The lowest BCUT2D eigenvalue weighted by Crippen LogP contribution is -2.51. The summed E-state index contributed by atoms with van der Waals surface area (Å²) in [4.78, 5) is 16.2. The van der Waals surface area contributed by atoms with Crippen molar-refractivity contribution in [3.05, 3.63) is 18.2 Å². The van der Waals surface area contributed by atoms with E-state index in [1.54, 1.807) is 23.1 Å². The Balaban J connectivity index is 1.68. The van der Waals surface area contributed by atoms with Crippen LogP contribution in [0.2, 0.25) is 0 Å². The molecule has 0 saturated carbocycles. The first-order chi connectivity index (χ1) is 12.5. The maximum absolute atomic E-state index is 13.0. The van der Waals surface area contributed by atoms with Gasteiger partial charge in [-0.1, -0.05) is 6.07 Å². The van der Waals surface area contributed by atoms with Crippen molar-refractivity contribution in [3.8, 4) is 0 Å². The molecule has 1 fully saturated rings. The number of likely N-dealkylation sites (N-methyl/N-ethyl adjacent to an activating group) is 1. The smallest absolute Gasteiger partial charge is 0.245 e. The van der Waals surface area contributed by atoms with Crippen LogP contribution in [0, 0.1) is 0 Å². The molecule has 1 aromatic carbocycles. The predicted octanol–water partition coefficient (Wildman–Crippen LogP) is 0.866. The van der Waals surface area contributed by atoms with E-state index in [0.29, 0.717) is 56.8 Å². The summed E-state index contributed by atoms with van der Waals surface area (Å²) in [6.45, 7) is 7.43. The Morgan fingerprint density at radius 1 is 1.15 bits per heavy atom. The van der Waals surface area contributed by atoms with E-state index in [-0.39, 0.29) is 10.8 Å². The Morgan fingerprint density at radius 2 is 1.85 bits per heavy atom. The average Bonchev–Trinajstić information content (AvgIpc) is 3.11. The number of rotatable bonds is 6. The van der Waals surface area contributed by atoms with Crippen LogP contribution in [0.15, 0.2) is 23.1 Å². The molecule has 2 aromatic rings. The molecular formula is C16H23N5O3S2. The van der Waals surface area contributed by atoms with Crippen molar-refractivity contribution in [2.24, 2.45) is 0 Å². The summed E-state index contributed by atoms with van der Waals surface area (Å²) in [6, 6.07) is 5.03. The topological polar surface area (TPSA) is 86.7 Å². The van der Waals surface area contributed by atoms with Gasteiger partial charge in [0.1, 0.15) is 15.9 Å². The molecular weight excluding hydrogens is 374 g/mol. The molecule has 1 aliphatic heterocycles. The van der Waals surface area contributed by atoms with Gasteiger partial charge in [0.25, 0.3) is 0 Å². The molecule has 8 nitrogen and oxygen atoms in total. The number of hydrogen-bond acceptors (Lipinski definition) is 7. The minimum atomic E-state index is -3.62. The van der Waals surface area contributed by atoms with Crippen LogP contribution in [0.4, 0.5) is 0 Å². The van der Waals surface area contributed by atoms with Crippen molar-refractivity contribution in [1.82, 2.24) is 22.9 Å². The molecule has 142 valence electrons. The van der Waals surface area contributed by atoms with Gasteiger partial charge in [-0.25, -0.2) is 8.42 Å². The molecule has 26 heavy (non-hydrogen) atoms. The molecule has 0 N–H and O–H groups in total. The van der Waals surface area contributed by atoms with Gasteiger partial charge in [-0.15, -0.1) is 0 Å². The van der Waals surface area contributed by atoms with Gasteiger partial charge in [0.15, 0.2) is 0 Å². The zero-order valence-electron chi connectivity index (χ0n) is 15.0. The van der Waals surface area contributed by atoms with Crippen molar-refractivity contribution in [3.63, 3.8) is 0 Å². The summed E-state index contributed by atoms with van der Waals surface area (Å²) in [7, 11) is -3.62. The van der Waals surface area contributed by atoms with Crippen LogP contribution >= 0.6 is 11.7 Å². The number of piperazine rings is 1. The van der Waals surface area contributed by atoms with Gasteiger partial charge < -0.3 is 4.90 Å². The van der Waals surface area contributed by atoms with E-state index in [1.165, 1.54) is 4.31 Å². The second-order valence-electron chi connectivity index (χ2n) is 6.13. The maximum atomic E-state index is 13.0. The summed E-state index contributed by atoms with van der Waals surface area (Å²) in [5, 5.41) is 0. The number of nitrogens with zero attached hydrogens (tertiary/aromatic N) is 5. The molecule has 0 atom stereocenters. The summed E-state index contributed by atoms with van der Waals surface area (Å²) in [5.74, 6) is 0.0876. The number of carbonyl (C=O) groups is 1. The molecule has 1 aliphatic rings. The lowest BCUT2D eigenvalue weighted by molar-refractivity contribution is -0.132. The van der Waals surface area contributed by atoms with Crippen LogP contribution in [0.25, 0.3) is 11.0 Å². The van der Waals surface area contributed by atoms with Crippen molar-refractivity contribution in [2.45, 2.75) is 18.7 Å². The number of hydrogen-bond donors (Lipinski definition) is 0. The van der Waals surface area contributed by atoms with E-state index >= 15 is 0 Å². The van der Waals surface area contributed by atoms with Gasteiger partial charge >= 0.3 is 0 Å². The normalized spacial score (nSPS) is 16.8. The molecule has 2 heterocycles. The number of fused-ring (bicyclic) bond motifs is 1. The third-order valence-electron chi connectivity index (χ3n) is 4.67. The van der Waals surface area contributed by atoms with E-state index in [0.717, 1.165) is 11.7 Å². The monoisotopic (exact) mass is 397 g/mol. The van der Waals surface area contributed by atoms with Crippen molar-refractivity contribution in [2.75, 3.05) is 45.8 Å². The fraction of sp³-hybridized carbons (Fsp3) is 0.562. The fourth-order valence-corrected chi connectivity index (χ4v) is 5.30. The lowest BCUT2D eigenvalue weighted by atomic mass is 10.3. The molecule has 0 bridgehead atoms. The van der Waals surface area contributed by atoms with E-state index in [4.69, 9.17) is 0 Å². The summed E-state index contributed by atoms with van der Waals surface area (Å²) in [6.07, 6.45) is 0. The molecule has 3 rings (SSSR count). The van der Waals surface area contributed by atoms with Crippen molar-refractivity contribution >= 4 is 38.7 Å². The highest BCUT2D eigenvalue weighted by molar-refractivity contribution is 7.89. The van der Waals surface area contributed by atoms with Crippen LogP contribution in [-0.4, -0.2) is 83.0 Å². The van der Waals surface area contributed by atoms with E-state index in [1.807, 2.05) is 18.7 Å². The maximum Gasteiger partial charge on any atom is 0.245 e. The average molecular weight is 398 g/mol. The lowest BCUT2D eigenvalue weighted by Gasteiger charge is -2.34. The third kappa shape index (κ3) is 3.73. The molecule has 1 aromatic heterocycles. The molecule has 1 amide bonds. The molecule has 0 unspecified atom stereocenters. The Hall–Kier alpha value is -1.62. The third-order valence-corrected chi connectivity index (χ3v) is 7.15. The number of amides is 1. The first-order valence-electron chi connectivity index (χ1n) is 8.69. The molecule has 0 aliphatic carbocycles. The van der Waals surface area contributed by atoms with Gasteiger partial charge in [0, 0.05) is 39.3 Å². The summed E-state index contributed by atoms with van der Waals surface area (Å²) >= 11 is 1.01. The minimum Gasteiger partial charge on any atom is -0.342 e. The first-order valence-corrected chi connectivity index (χ1v) is 10.9. The number of benzene rings is 1. The summed E-state index contributed by atoms with van der Waals surface area (Å²) in [5.41, 5.74) is 1.02. The quantitative estimate of drug-likeness (QED) is 0.719. The van der Waals surface area contributed by atoms with E-state index in [9.17, 15) is 13.2 Å². The Morgan fingerprint density at radius 3 is 2.50 bits per heavy atom. The Labute approximate surface area is 157 Å². The van der Waals surface area contributed by atoms with E-state index < -0.39 is 10.0 Å². The van der Waals surface area contributed by atoms with Gasteiger partial charge in [-0.3, -0.25) is 9.69 Å². The highest BCUT2D eigenvalue weighted by Crippen LogP contribution is 2.25. The van der Waals surface area contributed by atoms with Gasteiger partial charge in [0.2, 0.25) is 15.9 Å². The Bertz CT molecular complexity index is 871. The second-order valence-corrected chi connectivity index (χ2v) is 8.57. The Kier molecular flexibility index (Phi) is 5.86. The number of sulfonamides is 1. The van der Waals surface area contributed by atoms with Crippen LogP contribution in [0.3, 0.4) is 0 Å². The minimum absolute atomic E-state index is 0.0876. The molecule has 0 spiro atoms. The molecule has 10 heteroatoms. The van der Waals surface area contributed by atoms with E-state index in [2.05, 4.69) is 8.75 Å². The standard InChI is InChI=1S/C16H23N5O3S2/c1-3-20(4-2)15(22)12-19-8-10-21(11-9-19)26(23,24)14-7-5-6-13-16(14)18-25-17-13/h5-7H,3-4,8-12H2,1-2H3. The zero-order chi connectivity index (χ0) is 18.7. The summed E-state index contributed by atoms with van der Waals surface area (Å²) < 4.78 is 35.7. The van der Waals surface area contributed by atoms with Crippen LogP contribution in [0.5, 0.6) is 0 Å². The van der Waals surface area contributed by atoms with Crippen LogP contribution in [0.1, 0.15) is 13.8 Å². The highest BCUT2D eigenvalue weighted by Gasteiger charge is 2.31. The van der Waals surface area contributed by atoms with Crippen molar-refractivity contribution in [1.29, 1.82) is 0 Å². The highest BCUT2D eigenvalue weighted by atomic mass is 32.2. The molecule has 0 radical (unpaired) electrons. The fourth-order valence-electron chi connectivity index (χ4n) is 3.12. The van der Waals surface area contributed by atoms with Gasteiger partial charge in [-0.05, 0) is 26.0 Å². The first kappa shape index (κ1) is 19.2. The van der Waals surface area contributed by atoms with Gasteiger partial charge in [0.05, 0.1) is 18.3 Å². The van der Waals surface area contributed by atoms with Gasteiger partial charge in [-0.2, -0.15) is 13.1 Å². The molecule has 1 saturated heterocycles. The van der Waals surface area contributed by atoms with Crippen LogP contribution < -0.4 is 0 Å². The number of carbonyl (C=O) groups excluding carboxylic acids is 1. The largest absolute Gasteiger partial charge is 0.342 e. The second kappa shape index (κ2) is 7.95. The predicted molar refractivity (Wildman–Crippen MR) is 101 cm³/mol. The van der Waals surface area contributed by atoms with Crippen molar-refractivity contribution < 1.29 is 13.2 Å². The SMILES string of the molecule is CCN(CC)C(=O)CN1CCN(S(=O)(=O)c2cccc3nsnc23)CC1.